The normalized spacial score (nSPS) is 36.6. The summed E-state index contributed by atoms with van der Waals surface area (Å²) in [7, 11) is 0.964. The van der Waals surface area contributed by atoms with E-state index in [1.807, 2.05) is 0 Å². The number of nitrogen functional groups attached to an aromatic ring is 1. The van der Waals surface area contributed by atoms with Crippen molar-refractivity contribution in [2.75, 3.05) is 12.3 Å². The van der Waals surface area contributed by atoms with Crippen molar-refractivity contribution in [2.24, 2.45) is 0 Å². The van der Waals surface area contributed by atoms with Crippen molar-refractivity contribution in [1.82, 2.24) is 0 Å². The van der Waals surface area contributed by atoms with Crippen molar-refractivity contribution in [3.8, 4) is 0 Å². The van der Waals surface area contributed by atoms with E-state index in [0.717, 1.165) is 10.8 Å². The summed E-state index contributed by atoms with van der Waals surface area (Å²) < 4.78 is 5.52. The van der Waals surface area contributed by atoms with Gasteiger partial charge in [0.1, 0.15) is 18.3 Å². The van der Waals surface area contributed by atoms with Crippen LogP contribution in [0.4, 0.5) is 5.69 Å². The topological polar surface area (TPSA) is 95.9 Å². The molecule has 1 fully saturated rings. The predicted octanol–water partition coefficient (Wildman–Crippen LogP) is 0.112. The van der Waals surface area contributed by atoms with Gasteiger partial charge in [-0.05, 0) is 17.7 Å². The molecule has 1 aliphatic rings. The van der Waals surface area contributed by atoms with E-state index in [2.05, 4.69) is 11.7 Å². The number of ether oxygens (including phenoxy) is 1. The van der Waals surface area contributed by atoms with E-state index < -0.39 is 23.2 Å². The molecule has 1 aromatic carbocycles. The van der Waals surface area contributed by atoms with Gasteiger partial charge < -0.3 is 25.8 Å². The van der Waals surface area contributed by atoms with Crippen molar-refractivity contribution >= 4 is 28.1 Å². The zero-order valence-electron chi connectivity index (χ0n) is 9.43. The van der Waals surface area contributed by atoms with E-state index in [9.17, 15) is 15.3 Å². The molecular formula is C11H15NO4S2. The minimum Gasteiger partial charge on any atom is -0.399 e. The van der Waals surface area contributed by atoms with Gasteiger partial charge in [-0.15, -0.1) is 11.7 Å². The molecule has 7 heteroatoms. The maximum Gasteiger partial charge on any atom is 0.177 e. The van der Waals surface area contributed by atoms with E-state index in [1.54, 1.807) is 24.3 Å². The minimum atomic E-state index is -1.30. The number of aliphatic hydroxyl groups is 3. The quantitative estimate of drug-likeness (QED) is 0.301. The third-order valence-corrected chi connectivity index (χ3v) is 4.68. The molecule has 100 valence electrons. The van der Waals surface area contributed by atoms with Crippen molar-refractivity contribution in [1.29, 1.82) is 0 Å². The average molecular weight is 289 g/mol. The summed E-state index contributed by atoms with van der Waals surface area (Å²) >= 11 is 4.12. The van der Waals surface area contributed by atoms with Gasteiger partial charge in [-0.1, -0.05) is 22.9 Å². The van der Waals surface area contributed by atoms with Crippen LogP contribution in [0.5, 0.6) is 0 Å². The molecule has 5 nitrogen and oxygen atoms in total. The lowest BCUT2D eigenvalue weighted by atomic mass is 9.93. The Morgan fingerprint density at radius 3 is 2.72 bits per heavy atom. The fraction of sp³-hybridized carbons (Fsp3) is 0.455. The standard InChI is InChI=1S/C11H15NO4S2/c12-7-3-1-2-6(4-7)11(18-17)10(15)9(14)8(13)5-16-11/h1-4,8-10,13-15,17H,5,12H2/t8-,9+,10-,11+/m1/s1. The van der Waals surface area contributed by atoms with Crippen LogP contribution in [-0.4, -0.2) is 40.2 Å². The second kappa shape index (κ2) is 5.28. The summed E-state index contributed by atoms with van der Waals surface area (Å²) in [5.41, 5.74) is 6.82. The Morgan fingerprint density at radius 2 is 2.11 bits per heavy atom. The summed E-state index contributed by atoms with van der Waals surface area (Å²) in [6.07, 6.45) is -3.71. The molecule has 1 aliphatic heterocycles. The molecule has 0 unspecified atom stereocenters. The van der Waals surface area contributed by atoms with Crippen molar-refractivity contribution in [2.45, 2.75) is 23.2 Å². The van der Waals surface area contributed by atoms with Gasteiger partial charge in [0.2, 0.25) is 0 Å². The highest BCUT2D eigenvalue weighted by Crippen LogP contribution is 2.47. The molecule has 4 atom stereocenters. The molecule has 0 spiro atoms. The van der Waals surface area contributed by atoms with Gasteiger partial charge in [0, 0.05) is 5.69 Å². The van der Waals surface area contributed by atoms with Gasteiger partial charge in [-0.2, -0.15) is 0 Å². The molecule has 0 saturated carbocycles. The zero-order chi connectivity index (χ0) is 13.3. The number of rotatable bonds is 2. The Morgan fingerprint density at radius 1 is 1.39 bits per heavy atom. The highest BCUT2D eigenvalue weighted by Gasteiger charge is 2.50. The van der Waals surface area contributed by atoms with Gasteiger partial charge in [0.15, 0.2) is 4.93 Å². The predicted molar refractivity (Wildman–Crippen MR) is 73.1 cm³/mol. The Bertz CT molecular complexity index is 433. The summed E-state index contributed by atoms with van der Waals surface area (Å²) in [6, 6.07) is 6.81. The van der Waals surface area contributed by atoms with Crippen LogP contribution in [0.25, 0.3) is 0 Å². The van der Waals surface area contributed by atoms with Crippen LogP contribution >= 0.6 is 22.5 Å². The molecule has 0 bridgehead atoms. The first-order valence-corrected chi connectivity index (χ1v) is 7.25. The van der Waals surface area contributed by atoms with E-state index >= 15 is 0 Å². The van der Waals surface area contributed by atoms with Crippen LogP contribution in [0.2, 0.25) is 0 Å². The Balaban J connectivity index is 2.42. The summed E-state index contributed by atoms with van der Waals surface area (Å²) in [6.45, 7) is -0.0828. The Labute approximate surface area is 114 Å². The second-order valence-corrected chi connectivity index (χ2v) is 5.53. The Kier molecular flexibility index (Phi) is 4.10. The van der Waals surface area contributed by atoms with Crippen LogP contribution in [0, 0.1) is 0 Å². The van der Waals surface area contributed by atoms with E-state index in [0.29, 0.717) is 11.3 Å². The van der Waals surface area contributed by atoms with E-state index in [4.69, 9.17) is 10.5 Å². The first-order valence-electron chi connectivity index (χ1n) is 5.38. The summed E-state index contributed by atoms with van der Waals surface area (Å²) in [5.74, 6) is 0. The van der Waals surface area contributed by atoms with Crippen LogP contribution < -0.4 is 5.73 Å². The molecule has 5 N–H and O–H groups in total. The maximum atomic E-state index is 10.2. The van der Waals surface area contributed by atoms with Crippen molar-refractivity contribution in [3.63, 3.8) is 0 Å². The average Bonchev–Trinajstić information content (AvgIpc) is 2.37. The van der Waals surface area contributed by atoms with Crippen molar-refractivity contribution in [3.05, 3.63) is 29.8 Å². The molecule has 2 rings (SSSR count). The fourth-order valence-corrected chi connectivity index (χ4v) is 3.37. The molecule has 0 aromatic heterocycles. The van der Waals surface area contributed by atoms with Crippen LogP contribution in [0.1, 0.15) is 5.56 Å². The third-order valence-electron chi connectivity index (χ3n) is 3.00. The monoisotopic (exact) mass is 289 g/mol. The number of nitrogens with two attached hydrogens (primary N) is 1. The van der Waals surface area contributed by atoms with E-state index in [-0.39, 0.29) is 6.61 Å². The van der Waals surface area contributed by atoms with Crippen LogP contribution in [-0.2, 0) is 9.67 Å². The van der Waals surface area contributed by atoms with Gasteiger partial charge in [0.05, 0.1) is 6.61 Å². The molecule has 1 saturated heterocycles. The van der Waals surface area contributed by atoms with Crippen LogP contribution in [0.3, 0.4) is 0 Å². The van der Waals surface area contributed by atoms with Crippen LogP contribution in [0.15, 0.2) is 24.3 Å². The smallest absolute Gasteiger partial charge is 0.177 e. The van der Waals surface area contributed by atoms with Gasteiger partial charge in [-0.25, -0.2) is 0 Å². The molecule has 1 aromatic rings. The number of aliphatic hydroxyl groups excluding tert-OH is 3. The second-order valence-electron chi connectivity index (χ2n) is 4.20. The highest BCUT2D eigenvalue weighted by molar-refractivity contribution is 8.68. The lowest BCUT2D eigenvalue weighted by Gasteiger charge is -2.44. The van der Waals surface area contributed by atoms with E-state index in [1.165, 1.54) is 0 Å². The maximum absolute atomic E-state index is 10.2. The van der Waals surface area contributed by atoms with Gasteiger partial charge >= 0.3 is 0 Å². The lowest BCUT2D eigenvalue weighted by Crippen LogP contribution is -2.57. The molecule has 0 radical (unpaired) electrons. The molecule has 18 heavy (non-hydrogen) atoms. The summed E-state index contributed by atoms with van der Waals surface area (Å²) in [5, 5.41) is 29.4. The van der Waals surface area contributed by atoms with Gasteiger partial charge in [-0.3, -0.25) is 0 Å². The number of anilines is 1. The minimum absolute atomic E-state index is 0.0828. The Hall–Kier alpha value is -0.440. The van der Waals surface area contributed by atoms with Crippen molar-refractivity contribution < 1.29 is 20.1 Å². The zero-order valence-corrected chi connectivity index (χ0v) is 11.1. The number of hydrogen-bond acceptors (Lipinski definition) is 7. The summed E-state index contributed by atoms with van der Waals surface area (Å²) in [4.78, 5) is -1.24. The molecule has 0 amide bonds. The SMILES string of the molecule is Nc1cccc([C@@]2(SS)OC[C@@H](O)[C@H](O)[C@H]2O)c1. The molecular weight excluding hydrogens is 274 g/mol. The lowest BCUT2D eigenvalue weighted by molar-refractivity contribution is -0.204. The third kappa shape index (κ3) is 2.22. The van der Waals surface area contributed by atoms with Gasteiger partial charge in [0.25, 0.3) is 0 Å². The first kappa shape index (κ1) is 14.0. The molecule has 1 heterocycles. The number of benzene rings is 1. The highest BCUT2D eigenvalue weighted by atomic mass is 33.1. The number of thiol groups is 1. The largest absolute Gasteiger partial charge is 0.399 e. The molecule has 0 aliphatic carbocycles. The first-order chi connectivity index (χ1) is 8.51. The number of hydrogen-bond donors (Lipinski definition) is 5. The fourth-order valence-electron chi connectivity index (χ4n) is 1.97.